The van der Waals surface area contributed by atoms with Gasteiger partial charge in [0.05, 0.1) is 23.9 Å². The molecule has 1 atom stereocenters. The van der Waals surface area contributed by atoms with E-state index >= 15 is 0 Å². The van der Waals surface area contributed by atoms with E-state index in [4.69, 9.17) is 26.1 Å². The number of carbonyl (C=O) groups excluding carboxylic acids is 4. The number of carbonyl (C=O) groups is 4. The van der Waals surface area contributed by atoms with Crippen molar-refractivity contribution in [3.63, 3.8) is 0 Å². The second kappa shape index (κ2) is 17.9. The number of piperazine rings is 1. The van der Waals surface area contributed by atoms with Gasteiger partial charge in [-0.25, -0.2) is 4.98 Å². The minimum atomic E-state index is -0.623. The van der Waals surface area contributed by atoms with Crippen LogP contribution >= 0.6 is 11.6 Å². The normalized spacial score (nSPS) is 22.5. The molecule has 6 heterocycles. The van der Waals surface area contributed by atoms with Gasteiger partial charge >= 0.3 is 0 Å². The van der Waals surface area contributed by atoms with Crippen LogP contribution in [0.25, 0.3) is 10.9 Å². The van der Waals surface area contributed by atoms with Gasteiger partial charge in [-0.2, -0.15) is 4.98 Å². The first-order valence-electron chi connectivity index (χ1n) is 22.7. The molecule has 3 N–H and O–H groups in total. The lowest BCUT2D eigenvalue weighted by atomic mass is 9.85. The Morgan fingerprint density at radius 1 is 0.985 bits per heavy atom. The standard InChI is InChI=1S/C47H57ClN10O7/c1-27(2)58-37-9-6-30(18-28(37)20-39(45(58)63)64-25-41(60)49-5)51-42-36(48)23-50-46(53-42)54-14-12-33(13-15-54)65-34-21-32(22-34)55-16-17-57(47(3,4)26-55)31-7-8-35-29(19-31)24-56(44(35)62)38-10-11-40(59)52-43(38)61/h6-9,18-20,23,27,32-34,38H,10-17,21-22,24-26H2,1-5H3,(H,49,60)(H,50,51,53)(H,52,59,61)/t32-,34-,38?. The Labute approximate surface area is 382 Å². The molecule has 1 saturated carbocycles. The van der Waals surface area contributed by atoms with Gasteiger partial charge in [0.1, 0.15) is 11.1 Å². The molecule has 344 valence electrons. The number of ether oxygens (including phenoxy) is 2. The van der Waals surface area contributed by atoms with Crippen LogP contribution in [0.15, 0.2) is 53.5 Å². The molecule has 4 aromatic rings. The third-order valence-corrected chi connectivity index (χ3v) is 13.9. The van der Waals surface area contributed by atoms with Crippen LogP contribution in [0.1, 0.15) is 88.2 Å². The summed E-state index contributed by atoms with van der Waals surface area (Å²) in [5.74, 6) is -0.0207. The highest BCUT2D eigenvalue weighted by Crippen LogP contribution is 2.38. The molecular weight excluding hydrogens is 852 g/mol. The Kier molecular flexibility index (Phi) is 12.2. The lowest BCUT2D eigenvalue weighted by Crippen LogP contribution is -2.64. The Bertz CT molecular complexity index is 2590. The van der Waals surface area contributed by atoms with E-state index in [0.29, 0.717) is 47.0 Å². The van der Waals surface area contributed by atoms with Gasteiger partial charge in [0.15, 0.2) is 18.2 Å². The molecule has 17 nitrogen and oxygen atoms in total. The zero-order chi connectivity index (χ0) is 45.7. The highest BCUT2D eigenvalue weighted by atomic mass is 35.5. The van der Waals surface area contributed by atoms with E-state index in [1.54, 1.807) is 21.7 Å². The molecule has 0 bridgehead atoms. The molecule has 3 saturated heterocycles. The zero-order valence-electron chi connectivity index (χ0n) is 37.6. The molecular formula is C47H57ClN10O7. The number of aromatic nitrogens is 3. The largest absolute Gasteiger partial charge is 0.478 e. The van der Waals surface area contributed by atoms with Crippen LogP contribution in [0, 0.1) is 0 Å². The average molecular weight is 909 g/mol. The lowest BCUT2D eigenvalue weighted by molar-refractivity contribution is -0.137. The number of piperidine rings is 2. The summed E-state index contributed by atoms with van der Waals surface area (Å²) < 4.78 is 13.9. The maximum atomic E-state index is 13.3. The highest BCUT2D eigenvalue weighted by molar-refractivity contribution is 6.33. The minimum Gasteiger partial charge on any atom is -0.478 e. The molecule has 9 rings (SSSR count). The molecule has 2 aromatic heterocycles. The summed E-state index contributed by atoms with van der Waals surface area (Å²) in [6.07, 6.45) is 6.35. The van der Waals surface area contributed by atoms with E-state index in [-0.39, 0.29) is 65.8 Å². The van der Waals surface area contributed by atoms with Crippen molar-refractivity contribution in [1.82, 2.24) is 35.0 Å². The second-order valence-electron chi connectivity index (χ2n) is 18.8. The summed E-state index contributed by atoms with van der Waals surface area (Å²) in [6.45, 7) is 12.7. The summed E-state index contributed by atoms with van der Waals surface area (Å²) in [6, 6.07) is 13.0. The van der Waals surface area contributed by atoms with E-state index < -0.39 is 11.9 Å². The van der Waals surface area contributed by atoms with Gasteiger partial charge < -0.3 is 39.4 Å². The molecule has 0 spiro atoms. The molecule has 2 aromatic carbocycles. The number of hydrogen-bond acceptors (Lipinski definition) is 13. The predicted molar refractivity (Wildman–Crippen MR) is 247 cm³/mol. The molecule has 1 unspecified atom stereocenters. The summed E-state index contributed by atoms with van der Waals surface area (Å²) in [5.41, 5.74) is 3.64. The summed E-state index contributed by atoms with van der Waals surface area (Å²) >= 11 is 6.61. The maximum absolute atomic E-state index is 13.3. The van der Waals surface area contributed by atoms with Crippen LogP contribution in [-0.2, 0) is 25.7 Å². The summed E-state index contributed by atoms with van der Waals surface area (Å²) in [5, 5.41) is 9.36. The lowest BCUT2D eigenvalue weighted by Gasteiger charge is -2.53. The van der Waals surface area contributed by atoms with Gasteiger partial charge in [-0.1, -0.05) is 11.6 Å². The first-order chi connectivity index (χ1) is 31.1. The van der Waals surface area contributed by atoms with Crippen LogP contribution < -0.4 is 36.0 Å². The van der Waals surface area contributed by atoms with Crippen LogP contribution in [0.3, 0.4) is 0 Å². The van der Waals surface area contributed by atoms with E-state index in [1.165, 1.54) is 7.05 Å². The number of rotatable bonds is 12. The fraction of sp³-hybridized carbons (Fsp3) is 0.511. The number of pyridine rings is 1. The molecule has 18 heteroatoms. The molecule has 1 aliphatic carbocycles. The fourth-order valence-corrected chi connectivity index (χ4v) is 10.2. The second-order valence-corrected chi connectivity index (χ2v) is 19.2. The zero-order valence-corrected chi connectivity index (χ0v) is 38.3. The van der Waals surface area contributed by atoms with Crippen molar-refractivity contribution in [3.8, 4) is 5.75 Å². The van der Waals surface area contributed by atoms with Crippen LogP contribution in [-0.4, -0.2) is 124 Å². The topological polar surface area (TPSA) is 184 Å². The van der Waals surface area contributed by atoms with E-state index in [1.807, 2.05) is 44.2 Å². The summed E-state index contributed by atoms with van der Waals surface area (Å²) in [7, 11) is 1.52. The number of nitrogens with one attached hydrogen (secondary N) is 3. The third-order valence-electron chi connectivity index (χ3n) is 13.6. The SMILES string of the molecule is CNC(=O)COc1cc2cc(Nc3nc(N4CCC(O[C@H]5C[C@H](N6CCN(c7ccc8c(c7)CN(C7CCC(=O)NC7=O)C8=O)C(C)(C)C6)C5)CC4)ncc3Cl)ccc2n(C(C)C)c1=O. The number of nitrogens with zero attached hydrogens (tertiary/aromatic N) is 7. The molecule has 65 heavy (non-hydrogen) atoms. The highest BCUT2D eigenvalue weighted by Gasteiger charge is 2.43. The summed E-state index contributed by atoms with van der Waals surface area (Å²) in [4.78, 5) is 80.9. The number of fused-ring (bicyclic) bond motifs is 2. The van der Waals surface area contributed by atoms with Gasteiger partial charge in [0.2, 0.25) is 17.8 Å². The van der Waals surface area contributed by atoms with Gasteiger partial charge in [-0.3, -0.25) is 34.2 Å². The van der Waals surface area contributed by atoms with Crippen molar-refractivity contribution in [2.24, 2.45) is 0 Å². The number of anilines is 4. The van der Waals surface area contributed by atoms with E-state index in [0.717, 1.165) is 80.6 Å². The first-order valence-corrected chi connectivity index (χ1v) is 23.1. The Morgan fingerprint density at radius 2 is 1.77 bits per heavy atom. The van der Waals surface area contributed by atoms with E-state index in [9.17, 15) is 24.0 Å². The number of halogens is 1. The van der Waals surface area contributed by atoms with Crippen LogP contribution in [0.4, 0.5) is 23.1 Å². The molecule has 4 amide bonds. The molecule has 4 aliphatic heterocycles. The molecule has 0 radical (unpaired) electrons. The smallest absolute Gasteiger partial charge is 0.293 e. The Balaban J connectivity index is 0.759. The first kappa shape index (κ1) is 44.4. The van der Waals surface area contributed by atoms with Crippen LogP contribution in [0.2, 0.25) is 5.02 Å². The number of benzene rings is 2. The van der Waals surface area contributed by atoms with E-state index in [2.05, 4.69) is 55.5 Å². The van der Waals surface area contributed by atoms with Crippen molar-refractivity contribution in [2.45, 2.75) is 109 Å². The van der Waals surface area contributed by atoms with Crippen molar-refractivity contribution in [1.29, 1.82) is 0 Å². The van der Waals surface area contributed by atoms with Gasteiger partial charge in [-0.15, -0.1) is 0 Å². The third kappa shape index (κ3) is 8.97. The van der Waals surface area contributed by atoms with Crippen LogP contribution in [0.5, 0.6) is 5.75 Å². The monoisotopic (exact) mass is 908 g/mol. The Morgan fingerprint density at radius 3 is 2.49 bits per heavy atom. The predicted octanol–water partition coefficient (Wildman–Crippen LogP) is 4.77. The fourth-order valence-electron chi connectivity index (χ4n) is 10.1. The minimum absolute atomic E-state index is 0.0931. The van der Waals surface area contributed by atoms with Gasteiger partial charge in [-0.05, 0) is 108 Å². The van der Waals surface area contributed by atoms with Gasteiger partial charge in [0, 0.05) is 92.7 Å². The van der Waals surface area contributed by atoms with Crippen molar-refractivity contribution in [3.05, 3.63) is 75.2 Å². The van der Waals surface area contributed by atoms with Crippen molar-refractivity contribution < 1.29 is 28.7 Å². The maximum Gasteiger partial charge on any atom is 0.293 e. The number of likely N-dealkylation sites (N-methyl/N-ethyl adjacent to an activating group) is 1. The quantitative estimate of drug-likeness (QED) is 0.166. The molecule has 4 fully saturated rings. The molecule has 5 aliphatic rings. The van der Waals surface area contributed by atoms with Crippen molar-refractivity contribution in [2.75, 3.05) is 61.5 Å². The average Bonchev–Trinajstić information content (AvgIpc) is 3.58. The number of amides is 4. The number of imide groups is 1. The van der Waals surface area contributed by atoms with Crippen molar-refractivity contribution >= 4 is 69.3 Å². The Hall–Kier alpha value is -5.78. The van der Waals surface area contributed by atoms with Gasteiger partial charge in [0.25, 0.3) is 17.4 Å². The number of hydrogen-bond donors (Lipinski definition) is 3.